The Morgan fingerprint density at radius 2 is 1.88 bits per heavy atom. The predicted molar refractivity (Wildman–Crippen MR) is 157 cm³/mol. The highest BCUT2D eigenvalue weighted by Crippen LogP contribution is 2.42. The van der Waals surface area contributed by atoms with Crippen LogP contribution in [0, 0.1) is 12.7 Å². The van der Waals surface area contributed by atoms with Crippen LogP contribution < -0.4 is 4.90 Å². The molecule has 9 heteroatoms. The summed E-state index contributed by atoms with van der Waals surface area (Å²) >= 11 is 1.47. The van der Waals surface area contributed by atoms with Crippen molar-refractivity contribution in [1.29, 1.82) is 0 Å². The molecule has 1 unspecified atom stereocenters. The van der Waals surface area contributed by atoms with E-state index in [0.717, 1.165) is 11.1 Å². The Morgan fingerprint density at radius 1 is 1.18 bits per heavy atom. The molecule has 0 N–H and O–H groups in total. The summed E-state index contributed by atoms with van der Waals surface area (Å²) in [5.74, 6) is -0.652. The maximum Gasteiger partial charge on any atom is 0.414 e. The molecule has 0 saturated carbocycles. The van der Waals surface area contributed by atoms with Crippen LogP contribution in [0.25, 0.3) is 0 Å². The number of rotatable bonds is 9. The second-order valence-corrected chi connectivity index (χ2v) is 11.2. The lowest BCUT2D eigenvalue weighted by atomic mass is 10.1. The van der Waals surface area contributed by atoms with E-state index in [0.29, 0.717) is 22.7 Å². The number of benzene rings is 2. The van der Waals surface area contributed by atoms with E-state index < -0.39 is 17.7 Å². The van der Waals surface area contributed by atoms with Crippen LogP contribution in [0.4, 0.5) is 14.9 Å². The van der Waals surface area contributed by atoms with Gasteiger partial charge in [0.2, 0.25) is 5.91 Å². The molecule has 7 nitrogen and oxygen atoms in total. The molecule has 1 atom stereocenters. The Balaban J connectivity index is 1.71. The van der Waals surface area contributed by atoms with Gasteiger partial charge in [0, 0.05) is 11.4 Å². The number of allylic oxidation sites excluding steroid dienone is 5. The summed E-state index contributed by atoms with van der Waals surface area (Å²) in [7, 11) is 0. The van der Waals surface area contributed by atoms with Crippen LogP contribution in [0.15, 0.2) is 79.0 Å². The standard InChI is InChI=1S/C31H35FN2O5S/c1-7-8-9-10-22(3)33(30(37)39-31(4,5)6)17-18-38-29(36)24-13-16-26(21(2)19-24)34-27(35)20-40-28(34)23-11-14-25(32)15-12-23/h7-16,19,28H,1,17-18,20H2,2-6H3/b9-8-,22-10+. The SMILES string of the molecule is C=C/C=C\C=C(/C)N(CCOC(=O)c1ccc(N2C(=O)CSC2c2ccc(F)cc2)c(C)c1)C(=O)OC(C)(C)C. The molecule has 0 radical (unpaired) electrons. The molecule has 1 fully saturated rings. The normalized spacial score (nSPS) is 15.8. The smallest absolute Gasteiger partial charge is 0.414 e. The molecule has 1 aliphatic heterocycles. The van der Waals surface area contributed by atoms with Gasteiger partial charge in [-0.05, 0) is 82.2 Å². The maximum absolute atomic E-state index is 13.4. The molecule has 1 heterocycles. The third-order valence-electron chi connectivity index (χ3n) is 5.89. The summed E-state index contributed by atoms with van der Waals surface area (Å²) in [6, 6.07) is 11.1. The van der Waals surface area contributed by atoms with Gasteiger partial charge in [0.1, 0.15) is 23.4 Å². The number of ether oxygens (including phenoxy) is 2. The molecule has 0 spiro atoms. The van der Waals surface area contributed by atoms with Gasteiger partial charge in [-0.3, -0.25) is 14.6 Å². The second kappa shape index (κ2) is 13.5. The zero-order valence-corrected chi connectivity index (χ0v) is 24.3. The molecule has 3 rings (SSSR count). The van der Waals surface area contributed by atoms with E-state index in [9.17, 15) is 18.8 Å². The molecule has 2 aromatic rings. The van der Waals surface area contributed by atoms with Crippen molar-refractivity contribution in [3.63, 3.8) is 0 Å². The topological polar surface area (TPSA) is 76.2 Å². The number of anilines is 1. The predicted octanol–water partition coefficient (Wildman–Crippen LogP) is 6.95. The minimum atomic E-state index is -0.687. The fraction of sp³-hybridized carbons (Fsp3) is 0.323. The summed E-state index contributed by atoms with van der Waals surface area (Å²) < 4.78 is 24.4. The van der Waals surface area contributed by atoms with E-state index in [4.69, 9.17) is 9.47 Å². The monoisotopic (exact) mass is 566 g/mol. The number of carbonyl (C=O) groups is 3. The number of carbonyl (C=O) groups excluding carboxylic acids is 3. The number of aryl methyl sites for hydroxylation is 1. The minimum absolute atomic E-state index is 0.0525. The van der Waals surface area contributed by atoms with Crippen molar-refractivity contribution in [2.75, 3.05) is 23.8 Å². The van der Waals surface area contributed by atoms with Gasteiger partial charge in [0.25, 0.3) is 0 Å². The van der Waals surface area contributed by atoms with Crippen molar-refractivity contribution in [3.8, 4) is 0 Å². The van der Waals surface area contributed by atoms with Gasteiger partial charge >= 0.3 is 12.1 Å². The largest absolute Gasteiger partial charge is 0.460 e. The van der Waals surface area contributed by atoms with Gasteiger partial charge < -0.3 is 9.47 Å². The number of nitrogens with zero attached hydrogens (tertiary/aromatic N) is 2. The Bertz CT molecular complexity index is 1310. The highest BCUT2D eigenvalue weighted by atomic mass is 32.2. The lowest BCUT2D eigenvalue weighted by molar-refractivity contribution is -0.115. The second-order valence-electron chi connectivity index (χ2n) is 10.2. The van der Waals surface area contributed by atoms with Crippen molar-refractivity contribution in [2.45, 2.75) is 45.6 Å². The quantitative estimate of drug-likeness (QED) is 0.241. The van der Waals surface area contributed by atoms with Gasteiger partial charge in [0.15, 0.2) is 0 Å². The molecule has 212 valence electrons. The first-order valence-corrected chi connectivity index (χ1v) is 13.9. The van der Waals surface area contributed by atoms with Crippen LogP contribution >= 0.6 is 11.8 Å². The van der Waals surface area contributed by atoms with Crippen LogP contribution in [0.5, 0.6) is 0 Å². The van der Waals surface area contributed by atoms with Crippen molar-refractivity contribution < 1.29 is 28.2 Å². The fourth-order valence-electron chi connectivity index (χ4n) is 4.02. The number of thioether (sulfide) groups is 1. The van der Waals surface area contributed by atoms with Gasteiger partial charge in [-0.25, -0.2) is 14.0 Å². The number of esters is 1. The van der Waals surface area contributed by atoms with Gasteiger partial charge in [0.05, 0.1) is 17.9 Å². The zero-order chi connectivity index (χ0) is 29.4. The zero-order valence-electron chi connectivity index (χ0n) is 23.5. The van der Waals surface area contributed by atoms with Crippen molar-refractivity contribution in [3.05, 3.63) is 102 Å². The molecule has 0 aromatic heterocycles. The van der Waals surface area contributed by atoms with Crippen LogP contribution in [0.1, 0.15) is 54.6 Å². The Morgan fingerprint density at radius 3 is 2.50 bits per heavy atom. The van der Waals surface area contributed by atoms with Crippen molar-refractivity contribution in [2.24, 2.45) is 0 Å². The van der Waals surface area contributed by atoms with Crippen LogP contribution in [0.3, 0.4) is 0 Å². The molecule has 2 aromatic carbocycles. The Labute approximate surface area is 239 Å². The maximum atomic E-state index is 13.4. The first-order chi connectivity index (χ1) is 18.9. The molecule has 1 saturated heterocycles. The highest BCUT2D eigenvalue weighted by Gasteiger charge is 2.35. The first-order valence-electron chi connectivity index (χ1n) is 12.8. The average Bonchev–Trinajstić information content (AvgIpc) is 3.26. The van der Waals surface area contributed by atoms with Crippen molar-refractivity contribution >= 4 is 35.4 Å². The van der Waals surface area contributed by atoms with Crippen LogP contribution in [-0.4, -0.2) is 47.4 Å². The third-order valence-corrected chi connectivity index (χ3v) is 7.10. The lowest BCUT2D eigenvalue weighted by Crippen LogP contribution is -2.37. The molecule has 0 aliphatic carbocycles. The molecule has 1 aliphatic rings. The van der Waals surface area contributed by atoms with Crippen molar-refractivity contribution in [1.82, 2.24) is 4.90 Å². The summed E-state index contributed by atoms with van der Waals surface area (Å²) in [4.78, 5) is 41.5. The summed E-state index contributed by atoms with van der Waals surface area (Å²) in [6.07, 6.45) is 6.30. The molecular formula is C31H35FN2O5S. The number of hydrogen-bond acceptors (Lipinski definition) is 6. The average molecular weight is 567 g/mol. The van der Waals surface area contributed by atoms with E-state index in [-0.39, 0.29) is 30.2 Å². The number of hydrogen-bond donors (Lipinski definition) is 0. The molecule has 2 amide bonds. The summed E-state index contributed by atoms with van der Waals surface area (Å²) in [6.45, 7) is 12.6. The third kappa shape index (κ3) is 8.08. The van der Waals surface area contributed by atoms with Gasteiger partial charge in [-0.15, -0.1) is 11.8 Å². The van der Waals surface area contributed by atoms with E-state index in [2.05, 4.69) is 6.58 Å². The Kier molecular flexibility index (Phi) is 10.3. The first kappa shape index (κ1) is 30.7. The minimum Gasteiger partial charge on any atom is -0.460 e. The Hall–Kier alpha value is -3.85. The van der Waals surface area contributed by atoms with Gasteiger partial charge in [-0.2, -0.15) is 0 Å². The highest BCUT2D eigenvalue weighted by molar-refractivity contribution is 8.00. The van der Waals surface area contributed by atoms with Crippen LogP contribution in [-0.2, 0) is 14.3 Å². The molecule has 0 bridgehead atoms. The van der Waals surface area contributed by atoms with Crippen LogP contribution in [0.2, 0.25) is 0 Å². The summed E-state index contributed by atoms with van der Waals surface area (Å²) in [5.41, 5.74) is 2.47. The fourth-order valence-corrected chi connectivity index (χ4v) is 5.19. The molecular weight excluding hydrogens is 531 g/mol. The van der Waals surface area contributed by atoms with E-state index in [1.807, 2.05) is 6.92 Å². The lowest BCUT2D eigenvalue weighted by Gasteiger charge is -2.27. The number of halogens is 1. The summed E-state index contributed by atoms with van der Waals surface area (Å²) in [5, 5.41) is -0.291. The van der Waals surface area contributed by atoms with E-state index in [1.165, 1.54) is 28.8 Å². The van der Waals surface area contributed by atoms with E-state index in [1.54, 1.807) is 87.2 Å². The number of amides is 2. The molecule has 40 heavy (non-hydrogen) atoms. The van der Waals surface area contributed by atoms with Gasteiger partial charge in [-0.1, -0.05) is 36.9 Å². The van der Waals surface area contributed by atoms with E-state index >= 15 is 0 Å².